The van der Waals surface area contributed by atoms with Crippen molar-refractivity contribution >= 4 is 40.9 Å². The number of fused-ring (bicyclic) bond motifs is 4. The minimum Gasteiger partial charge on any atom is -0.508 e. The maximum absolute atomic E-state index is 15.0. The fourth-order valence-electron chi connectivity index (χ4n) is 8.29. The van der Waals surface area contributed by atoms with Crippen LogP contribution in [0.4, 0.5) is 5.69 Å². The topological polar surface area (TPSA) is 95.0 Å². The highest BCUT2D eigenvalue weighted by Crippen LogP contribution is 2.64. The first-order chi connectivity index (χ1) is 20.8. The van der Waals surface area contributed by atoms with E-state index < -0.39 is 35.0 Å². The molecule has 43 heavy (non-hydrogen) atoms. The maximum atomic E-state index is 15.0. The second-order valence-corrected chi connectivity index (χ2v) is 12.4. The Morgan fingerprint density at radius 2 is 1.63 bits per heavy atom. The number of nitrogens with zero attached hydrogens (tertiary/aromatic N) is 2. The van der Waals surface area contributed by atoms with Gasteiger partial charge in [0.2, 0.25) is 23.6 Å². The number of anilines is 1. The summed E-state index contributed by atoms with van der Waals surface area (Å²) in [5.74, 6) is -3.82. The summed E-state index contributed by atoms with van der Waals surface area (Å²) in [6, 6.07) is 22.9. The first kappa shape index (κ1) is 27.6. The number of benzene rings is 3. The molecule has 218 valence electrons. The van der Waals surface area contributed by atoms with E-state index >= 15 is 4.79 Å². The molecule has 2 aliphatic carbocycles. The molecule has 2 aliphatic heterocycles. The summed E-state index contributed by atoms with van der Waals surface area (Å²) in [6.45, 7) is 2.31. The summed E-state index contributed by atoms with van der Waals surface area (Å²) in [5.41, 5.74) is 1.45. The van der Waals surface area contributed by atoms with Crippen LogP contribution in [0.3, 0.4) is 0 Å². The van der Waals surface area contributed by atoms with Crippen molar-refractivity contribution in [2.45, 2.75) is 37.5 Å². The van der Waals surface area contributed by atoms with Crippen molar-refractivity contribution < 1.29 is 24.3 Å². The van der Waals surface area contributed by atoms with Crippen LogP contribution in [-0.4, -0.2) is 40.2 Å². The molecule has 6 atom stereocenters. The molecule has 3 aromatic carbocycles. The fraction of sp³-hybridized carbons (Fsp3) is 0.314. The maximum Gasteiger partial charge on any atom is 0.246 e. The van der Waals surface area contributed by atoms with Gasteiger partial charge in [0.25, 0.3) is 0 Å². The summed E-state index contributed by atoms with van der Waals surface area (Å²) < 4.78 is 0. The van der Waals surface area contributed by atoms with Crippen molar-refractivity contribution in [1.82, 2.24) is 4.90 Å². The average molecular weight is 595 g/mol. The number of imide groups is 2. The fourth-order valence-corrected chi connectivity index (χ4v) is 8.48. The highest BCUT2D eigenvalue weighted by Gasteiger charge is 2.70. The number of carbonyl (C=O) groups excluding carboxylic acids is 4. The first-order valence-corrected chi connectivity index (χ1v) is 15.2. The van der Waals surface area contributed by atoms with E-state index in [1.807, 2.05) is 43.3 Å². The number of allylic oxidation sites excluding steroid dienone is 2. The number of rotatable bonds is 5. The zero-order valence-corrected chi connectivity index (χ0v) is 24.4. The van der Waals surface area contributed by atoms with E-state index in [-0.39, 0.29) is 35.8 Å². The number of aromatic hydroxyl groups is 1. The van der Waals surface area contributed by atoms with E-state index in [0.29, 0.717) is 35.7 Å². The van der Waals surface area contributed by atoms with Crippen molar-refractivity contribution in [3.8, 4) is 5.75 Å². The van der Waals surface area contributed by atoms with Gasteiger partial charge >= 0.3 is 0 Å². The van der Waals surface area contributed by atoms with Gasteiger partial charge in [0.05, 0.1) is 28.9 Å². The Bertz CT molecular complexity index is 1690. The molecule has 0 unspecified atom stereocenters. The van der Waals surface area contributed by atoms with Crippen LogP contribution in [0.1, 0.15) is 43.2 Å². The van der Waals surface area contributed by atoms with Crippen LogP contribution < -0.4 is 4.90 Å². The third kappa shape index (κ3) is 3.87. The van der Waals surface area contributed by atoms with Crippen LogP contribution >= 0.6 is 11.6 Å². The monoisotopic (exact) mass is 594 g/mol. The molecule has 1 N–H and O–H groups in total. The first-order valence-electron chi connectivity index (χ1n) is 14.8. The Kier molecular flexibility index (Phi) is 6.54. The van der Waals surface area contributed by atoms with Crippen LogP contribution in [-0.2, 0) is 24.6 Å². The lowest BCUT2D eigenvalue weighted by atomic mass is 9.49. The molecular weight excluding hydrogens is 564 g/mol. The summed E-state index contributed by atoms with van der Waals surface area (Å²) >= 11 is 6.34. The van der Waals surface area contributed by atoms with Gasteiger partial charge in [-0.1, -0.05) is 78.7 Å². The zero-order chi connectivity index (χ0) is 30.0. The molecule has 4 amide bonds. The number of halogens is 1. The van der Waals surface area contributed by atoms with Gasteiger partial charge in [0.15, 0.2) is 0 Å². The molecule has 0 bridgehead atoms. The van der Waals surface area contributed by atoms with Crippen molar-refractivity contribution in [3.63, 3.8) is 0 Å². The number of hydrogen-bond acceptors (Lipinski definition) is 5. The Labute approximate surface area is 254 Å². The zero-order valence-electron chi connectivity index (χ0n) is 23.7. The number of phenolic OH excluding ortho intramolecular Hbond substituents is 1. The molecule has 0 radical (unpaired) electrons. The standard InChI is InChI=1S/C35H31ClN2O5/c1-2-17-37-31(40)26-16-15-25-27(29(26)33(37)42)19-28-32(41)38(23-10-6-9-22(36)18-23)34(43)35(28,21-7-4-3-5-8-21)30(25)20-11-13-24(39)14-12-20/h3-15,18,26-30,39H,2,16-17,19H2,1H3/t26-,27+,28-,29-,30-,35+/m0/s1. The second kappa shape index (κ2) is 10.2. The summed E-state index contributed by atoms with van der Waals surface area (Å²) in [7, 11) is 0. The Hall–Kier alpha value is -4.23. The Morgan fingerprint density at radius 1 is 0.884 bits per heavy atom. The lowest BCUT2D eigenvalue weighted by Gasteiger charge is -2.50. The van der Waals surface area contributed by atoms with Gasteiger partial charge in [-0.3, -0.25) is 24.1 Å². The van der Waals surface area contributed by atoms with Crippen LogP contribution in [0.15, 0.2) is 90.5 Å². The molecule has 2 heterocycles. The molecule has 7 rings (SSSR count). The normalized spacial score (nSPS) is 29.8. The van der Waals surface area contributed by atoms with Crippen LogP contribution in [0, 0.1) is 23.7 Å². The number of hydrogen-bond donors (Lipinski definition) is 1. The molecular formula is C35H31ClN2O5. The predicted molar refractivity (Wildman–Crippen MR) is 161 cm³/mol. The highest BCUT2D eigenvalue weighted by molar-refractivity contribution is 6.32. The van der Waals surface area contributed by atoms with Crippen LogP contribution in [0.5, 0.6) is 5.75 Å². The molecule has 3 aromatic rings. The quantitative estimate of drug-likeness (QED) is 0.306. The summed E-state index contributed by atoms with van der Waals surface area (Å²) in [4.78, 5) is 59.6. The van der Waals surface area contributed by atoms with Gasteiger partial charge < -0.3 is 5.11 Å². The summed E-state index contributed by atoms with van der Waals surface area (Å²) in [6.07, 6.45) is 3.37. The van der Waals surface area contributed by atoms with Crippen molar-refractivity contribution in [2.75, 3.05) is 11.4 Å². The number of likely N-dealkylation sites (tertiary alicyclic amines) is 1. The van der Waals surface area contributed by atoms with E-state index in [4.69, 9.17) is 11.6 Å². The van der Waals surface area contributed by atoms with E-state index in [1.165, 1.54) is 9.80 Å². The number of carbonyl (C=O) groups is 4. The molecule has 0 aromatic heterocycles. The second-order valence-electron chi connectivity index (χ2n) is 12.0. The Morgan fingerprint density at radius 3 is 2.33 bits per heavy atom. The SMILES string of the molecule is CCCN1C(=O)[C@H]2[C@H](CC=C3[C@H]2C[C@H]2C(=O)N(c4cccc(Cl)c4)C(=O)[C@@]2(c2ccccc2)[C@H]3c2ccc(O)cc2)C1=O. The highest BCUT2D eigenvalue weighted by atomic mass is 35.5. The minimum atomic E-state index is -1.32. The van der Waals surface area contributed by atoms with Gasteiger partial charge in [0.1, 0.15) is 5.75 Å². The minimum absolute atomic E-state index is 0.0836. The average Bonchev–Trinajstić information content (AvgIpc) is 3.39. The van der Waals surface area contributed by atoms with E-state index in [2.05, 4.69) is 0 Å². The third-order valence-electron chi connectivity index (χ3n) is 9.93. The lowest BCUT2D eigenvalue weighted by molar-refractivity contribution is -0.140. The Balaban J connectivity index is 1.48. The third-order valence-corrected chi connectivity index (χ3v) is 10.2. The molecule has 8 heteroatoms. The molecule has 4 aliphatic rings. The van der Waals surface area contributed by atoms with Crippen LogP contribution in [0.2, 0.25) is 5.02 Å². The van der Waals surface area contributed by atoms with E-state index in [0.717, 1.165) is 11.1 Å². The van der Waals surface area contributed by atoms with Crippen molar-refractivity contribution in [1.29, 1.82) is 0 Å². The molecule has 3 fully saturated rings. The van der Waals surface area contributed by atoms with Gasteiger partial charge in [-0.05, 0) is 66.6 Å². The largest absolute Gasteiger partial charge is 0.508 e. The van der Waals surface area contributed by atoms with E-state index in [9.17, 15) is 19.5 Å². The lowest BCUT2D eigenvalue weighted by Crippen LogP contribution is -2.53. The van der Waals surface area contributed by atoms with Gasteiger partial charge in [-0.2, -0.15) is 0 Å². The molecule has 7 nitrogen and oxygen atoms in total. The molecule has 0 spiro atoms. The number of amides is 4. The molecule has 2 saturated heterocycles. The predicted octanol–water partition coefficient (Wildman–Crippen LogP) is 5.62. The van der Waals surface area contributed by atoms with Crippen LogP contribution in [0.25, 0.3) is 0 Å². The van der Waals surface area contributed by atoms with Gasteiger partial charge in [-0.15, -0.1) is 0 Å². The number of phenols is 1. The van der Waals surface area contributed by atoms with Crippen molar-refractivity contribution in [2.24, 2.45) is 23.7 Å². The smallest absolute Gasteiger partial charge is 0.246 e. The van der Waals surface area contributed by atoms with Crippen molar-refractivity contribution in [3.05, 3.63) is 107 Å². The van der Waals surface area contributed by atoms with E-state index in [1.54, 1.807) is 48.5 Å². The molecule has 1 saturated carbocycles. The van der Waals surface area contributed by atoms with Gasteiger partial charge in [-0.25, -0.2) is 4.90 Å². The van der Waals surface area contributed by atoms with Gasteiger partial charge in [0, 0.05) is 17.5 Å². The summed E-state index contributed by atoms with van der Waals surface area (Å²) in [5, 5.41) is 10.6.